The molecule has 0 aliphatic carbocycles. The minimum absolute atomic E-state index is 0.227. The molecule has 12 heavy (non-hydrogen) atoms. The highest BCUT2D eigenvalue weighted by Crippen LogP contribution is 2.50. The van der Waals surface area contributed by atoms with Crippen molar-refractivity contribution in [2.45, 2.75) is 23.7 Å². The zero-order valence-electron chi connectivity index (χ0n) is 7.00. The number of phenols is 1. The average molecular weight is 182 g/mol. The van der Waals surface area contributed by atoms with Crippen LogP contribution in [-0.4, -0.2) is 10.0 Å². The van der Waals surface area contributed by atoms with E-state index in [1.807, 2.05) is 26.0 Å². The Morgan fingerprint density at radius 3 is 2.83 bits per heavy atom. The van der Waals surface area contributed by atoms with Gasteiger partial charge in [-0.3, -0.25) is 0 Å². The van der Waals surface area contributed by atoms with Gasteiger partial charge in [-0.25, -0.2) is 0 Å². The third kappa shape index (κ3) is 1.14. The first kappa shape index (κ1) is 7.80. The summed E-state index contributed by atoms with van der Waals surface area (Å²) >= 11 is 1.63. The van der Waals surface area contributed by atoms with E-state index in [1.165, 1.54) is 0 Å². The van der Waals surface area contributed by atoms with Crippen LogP contribution in [0.4, 0.5) is 0 Å². The molecule has 0 radical (unpaired) electrons. The van der Waals surface area contributed by atoms with Gasteiger partial charge in [0.25, 0.3) is 0 Å². The van der Waals surface area contributed by atoms with Crippen LogP contribution in [0.1, 0.15) is 13.8 Å². The van der Waals surface area contributed by atoms with E-state index >= 15 is 0 Å². The molecule has 64 valence electrons. The van der Waals surface area contributed by atoms with Crippen molar-refractivity contribution in [3.05, 3.63) is 18.2 Å². The molecule has 0 saturated heterocycles. The molecule has 2 rings (SSSR count). The Kier molecular flexibility index (Phi) is 1.51. The second-order valence-electron chi connectivity index (χ2n) is 3.21. The molecule has 0 saturated carbocycles. The number of thioether (sulfide) groups is 1. The molecule has 1 aliphatic rings. The smallest absolute Gasteiger partial charge is 0.176 e. The van der Waals surface area contributed by atoms with Crippen LogP contribution in [-0.2, 0) is 0 Å². The Bertz CT molecular complexity index is 320. The summed E-state index contributed by atoms with van der Waals surface area (Å²) in [4.78, 5) is 0.765. The Labute approximate surface area is 75.6 Å². The number of phenolic OH excluding ortho intramolecular Hbond substituents is 1. The summed E-state index contributed by atoms with van der Waals surface area (Å²) in [5.41, 5.74) is 0. The normalized spacial score (nSPS) is 18.5. The summed E-state index contributed by atoms with van der Waals surface area (Å²) in [7, 11) is 0. The van der Waals surface area contributed by atoms with Gasteiger partial charge in [0.15, 0.2) is 16.4 Å². The van der Waals surface area contributed by atoms with Crippen molar-refractivity contribution < 1.29 is 9.84 Å². The molecule has 2 nitrogen and oxygen atoms in total. The van der Waals surface area contributed by atoms with Gasteiger partial charge < -0.3 is 9.84 Å². The summed E-state index contributed by atoms with van der Waals surface area (Å²) in [5, 5.41) is 9.43. The van der Waals surface area contributed by atoms with E-state index in [1.54, 1.807) is 17.8 Å². The molecule has 0 amide bonds. The maximum atomic E-state index is 9.43. The molecule has 1 aromatic rings. The number of fused-ring (bicyclic) bond motifs is 1. The van der Waals surface area contributed by atoms with Crippen LogP contribution >= 0.6 is 11.8 Å². The lowest BCUT2D eigenvalue weighted by molar-refractivity contribution is 0.206. The van der Waals surface area contributed by atoms with Gasteiger partial charge in [-0.2, -0.15) is 0 Å². The number of para-hydroxylation sites is 1. The van der Waals surface area contributed by atoms with E-state index in [0.29, 0.717) is 5.75 Å². The predicted octanol–water partition coefficient (Wildman–Crippen LogP) is 2.61. The van der Waals surface area contributed by atoms with Gasteiger partial charge >= 0.3 is 0 Å². The van der Waals surface area contributed by atoms with Gasteiger partial charge in [0.2, 0.25) is 0 Å². The van der Waals surface area contributed by atoms with Gasteiger partial charge in [-0.05, 0) is 26.0 Å². The average Bonchev–Trinajstić information content (AvgIpc) is 2.25. The second-order valence-corrected chi connectivity index (χ2v) is 4.84. The topological polar surface area (TPSA) is 29.5 Å². The number of ether oxygens (including phenoxy) is 1. The van der Waals surface area contributed by atoms with Crippen LogP contribution in [0.3, 0.4) is 0 Å². The zero-order chi connectivity index (χ0) is 8.77. The number of rotatable bonds is 0. The fourth-order valence-corrected chi connectivity index (χ4v) is 2.26. The maximum Gasteiger partial charge on any atom is 0.176 e. The van der Waals surface area contributed by atoms with Crippen molar-refractivity contribution in [3.8, 4) is 11.5 Å². The van der Waals surface area contributed by atoms with Crippen LogP contribution in [0.15, 0.2) is 23.1 Å². The highest BCUT2D eigenvalue weighted by molar-refractivity contribution is 8.00. The molecule has 3 heteroatoms. The Morgan fingerprint density at radius 1 is 1.42 bits per heavy atom. The second kappa shape index (κ2) is 2.33. The number of benzene rings is 1. The van der Waals surface area contributed by atoms with Crippen LogP contribution < -0.4 is 4.74 Å². The predicted molar refractivity (Wildman–Crippen MR) is 48.7 cm³/mol. The molecular formula is C9H10O2S. The Morgan fingerprint density at radius 2 is 2.17 bits per heavy atom. The molecule has 0 bridgehead atoms. The molecular weight excluding hydrogens is 172 g/mol. The van der Waals surface area contributed by atoms with Gasteiger partial charge in [0, 0.05) is 0 Å². The fraction of sp³-hybridized carbons (Fsp3) is 0.333. The summed E-state index contributed by atoms with van der Waals surface area (Å²) in [6, 6.07) is 5.42. The maximum absolute atomic E-state index is 9.43. The molecule has 0 fully saturated rings. The van der Waals surface area contributed by atoms with Crippen LogP contribution in [0.2, 0.25) is 0 Å². The lowest BCUT2D eigenvalue weighted by Gasteiger charge is -2.15. The van der Waals surface area contributed by atoms with Crippen LogP contribution in [0, 0.1) is 0 Å². The van der Waals surface area contributed by atoms with E-state index in [0.717, 1.165) is 4.90 Å². The van der Waals surface area contributed by atoms with Crippen LogP contribution in [0.5, 0.6) is 11.5 Å². The molecule has 1 heterocycles. The lowest BCUT2D eigenvalue weighted by atomic mass is 10.3. The molecule has 1 aromatic carbocycles. The van der Waals surface area contributed by atoms with Crippen molar-refractivity contribution in [2.75, 3.05) is 0 Å². The molecule has 1 N–H and O–H groups in total. The van der Waals surface area contributed by atoms with E-state index in [2.05, 4.69) is 0 Å². The molecule has 1 aliphatic heterocycles. The summed E-state index contributed by atoms with van der Waals surface area (Å²) in [5.74, 6) is 0.845. The van der Waals surface area contributed by atoms with E-state index in [-0.39, 0.29) is 10.7 Å². The lowest BCUT2D eigenvalue weighted by Crippen LogP contribution is -2.18. The molecule has 0 atom stereocenters. The number of hydrogen-bond donors (Lipinski definition) is 1. The SMILES string of the molecule is CC1(C)Oc2c(O)cccc2S1. The first-order valence-corrected chi connectivity index (χ1v) is 4.60. The van der Waals surface area contributed by atoms with Crippen molar-refractivity contribution in [2.24, 2.45) is 0 Å². The summed E-state index contributed by atoms with van der Waals surface area (Å²) in [6.07, 6.45) is 0. The van der Waals surface area contributed by atoms with E-state index in [4.69, 9.17) is 4.74 Å². The van der Waals surface area contributed by atoms with E-state index < -0.39 is 0 Å². The third-order valence-corrected chi connectivity index (χ3v) is 2.78. The quantitative estimate of drug-likeness (QED) is 0.668. The van der Waals surface area contributed by atoms with Crippen LogP contribution in [0.25, 0.3) is 0 Å². The van der Waals surface area contributed by atoms with Gasteiger partial charge in [0.05, 0.1) is 4.90 Å². The molecule has 0 aromatic heterocycles. The number of hydrogen-bond acceptors (Lipinski definition) is 3. The minimum Gasteiger partial charge on any atom is -0.504 e. The van der Waals surface area contributed by atoms with Crippen molar-refractivity contribution >= 4 is 11.8 Å². The van der Waals surface area contributed by atoms with Gasteiger partial charge in [0.1, 0.15) is 0 Å². The molecule has 0 unspecified atom stereocenters. The van der Waals surface area contributed by atoms with E-state index in [9.17, 15) is 5.11 Å². The molecule has 0 spiro atoms. The standard InChI is InChI=1S/C9H10O2S/c1-9(2)11-8-6(10)4-3-5-7(8)12-9/h3-5,10H,1-2H3. The third-order valence-electron chi connectivity index (χ3n) is 1.66. The highest BCUT2D eigenvalue weighted by atomic mass is 32.2. The minimum atomic E-state index is -0.249. The summed E-state index contributed by atoms with van der Waals surface area (Å²) in [6.45, 7) is 3.97. The van der Waals surface area contributed by atoms with Crippen molar-refractivity contribution in [3.63, 3.8) is 0 Å². The van der Waals surface area contributed by atoms with Crippen molar-refractivity contribution in [1.82, 2.24) is 0 Å². The van der Waals surface area contributed by atoms with Crippen molar-refractivity contribution in [1.29, 1.82) is 0 Å². The van der Waals surface area contributed by atoms with Gasteiger partial charge in [-0.15, -0.1) is 0 Å². The first-order chi connectivity index (χ1) is 5.58. The summed E-state index contributed by atoms with van der Waals surface area (Å²) < 4.78 is 5.54. The number of aromatic hydroxyl groups is 1. The highest BCUT2D eigenvalue weighted by Gasteiger charge is 2.32. The first-order valence-electron chi connectivity index (χ1n) is 3.78. The zero-order valence-corrected chi connectivity index (χ0v) is 7.81. The van der Waals surface area contributed by atoms with Gasteiger partial charge in [-0.1, -0.05) is 17.8 Å². The fourth-order valence-electron chi connectivity index (χ4n) is 1.22. The Balaban J connectivity index is 2.48. The largest absolute Gasteiger partial charge is 0.504 e. The monoisotopic (exact) mass is 182 g/mol. The Hall–Kier alpha value is -0.830.